The third kappa shape index (κ3) is 3.77. The van der Waals surface area contributed by atoms with Gasteiger partial charge in [0.2, 0.25) is 5.91 Å². The van der Waals surface area contributed by atoms with Gasteiger partial charge >= 0.3 is 5.97 Å². The minimum Gasteiger partial charge on any atom is -0.476 e. The summed E-state index contributed by atoms with van der Waals surface area (Å²) < 4.78 is 1.19. The predicted octanol–water partition coefficient (Wildman–Crippen LogP) is 0.233. The number of non-ortho nitro benzene ring substituents is 1. The van der Waals surface area contributed by atoms with Gasteiger partial charge in [0.25, 0.3) is 5.69 Å². The van der Waals surface area contributed by atoms with E-state index in [1.54, 1.807) is 17.0 Å². The zero-order valence-corrected chi connectivity index (χ0v) is 13.7. The molecule has 0 spiro atoms. The van der Waals surface area contributed by atoms with Crippen molar-refractivity contribution in [3.63, 3.8) is 0 Å². The van der Waals surface area contributed by atoms with Gasteiger partial charge in [-0.25, -0.2) is 9.48 Å². The molecular formula is C15H16N6O5. The lowest BCUT2D eigenvalue weighted by Gasteiger charge is -2.36. The van der Waals surface area contributed by atoms with Gasteiger partial charge in [0.1, 0.15) is 6.54 Å². The molecule has 1 N–H and O–H groups in total. The number of carboxylic acid groups (broad SMARTS) is 1. The fourth-order valence-corrected chi connectivity index (χ4v) is 2.73. The average molecular weight is 360 g/mol. The maximum atomic E-state index is 12.3. The molecular weight excluding hydrogens is 344 g/mol. The molecule has 11 nitrogen and oxygen atoms in total. The van der Waals surface area contributed by atoms with Gasteiger partial charge in [0.15, 0.2) is 5.69 Å². The van der Waals surface area contributed by atoms with E-state index in [-0.39, 0.29) is 23.8 Å². The summed E-state index contributed by atoms with van der Waals surface area (Å²) in [5.41, 5.74) is 0.559. The van der Waals surface area contributed by atoms with Crippen LogP contribution < -0.4 is 4.90 Å². The minimum atomic E-state index is -1.20. The molecule has 11 heteroatoms. The number of carboxylic acids is 1. The number of carbonyl (C=O) groups excluding carboxylic acids is 1. The molecule has 1 aliphatic heterocycles. The van der Waals surface area contributed by atoms with Crippen molar-refractivity contribution in [2.45, 2.75) is 6.54 Å². The van der Waals surface area contributed by atoms with Crippen molar-refractivity contribution >= 4 is 23.3 Å². The Morgan fingerprint density at radius 2 is 1.96 bits per heavy atom. The lowest BCUT2D eigenvalue weighted by atomic mass is 10.2. The van der Waals surface area contributed by atoms with Crippen LogP contribution in [0.25, 0.3) is 0 Å². The molecule has 2 aromatic rings. The van der Waals surface area contributed by atoms with Gasteiger partial charge in [0, 0.05) is 44.0 Å². The van der Waals surface area contributed by atoms with Crippen LogP contribution in [-0.4, -0.2) is 68.0 Å². The van der Waals surface area contributed by atoms with Crippen molar-refractivity contribution in [1.29, 1.82) is 0 Å². The number of hydrogen-bond acceptors (Lipinski definition) is 7. The molecule has 1 aromatic heterocycles. The number of nitrogens with zero attached hydrogens (tertiary/aromatic N) is 6. The summed E-state index contributed by atoms with van der Waals surface area (Å²) in [5, 5.41) is 26.8. The summed E-state index contributed by atoms with van der Waals surface area (Å²) in [6.07, 6.45) is 1.21. The Bertz CT molecular complexity index is 843. The first-order valence-corrected chi connectivity index (χ1v) is 7.84. The van der Waals surface area contributed by atoms with E-state index in [0.29, 0.717) is 26.2 Å². The molecule has 1 aromatic carbocycles. The minimum absolute atomic E-state index is 0.0291. The van der Waals surface area contributed by atoms with Gasteiger partial charge in [-0.1, -0.05) is 11.3 Å². The summed E-state index contributed by atoms with van der Waals surface area (Å²) in [6.45, 7) is 1.93. The number of aromatic nitrogens is 3. The summed E-state index contributed by atoms with van der Waals surface area (Å²) in [6, 6.07) is 6.39. The molecule has 1 saturated heterocycles. The number of piperazine rings is 1. The van der Waals surface area contributed by atoms with Gasteiger partial charge in [-0.15, -0.1) is 5.10 Å². The zero-order chi connectivity index (χ0) is 18.7. The van der Waals surface area contributed by atoms with Gasteiger partial charge < -0.3 is 14.9 Å². The number of aromatic carboxylic acids is 1. The zero-order valence-electron chi connectivity index (χ0n) is 13.7. The van der Waals surface area contributed by atoms with Crippen molar-refractivity contribution in [3.8, 4) is 0 Å². The number of amides is 1. The normalized spacial score (nSPS) is 14.3. The van der Waals surface area contributed by atoms with Gasteiger partial charge in [0.05, 0.1) is 11.1 Å². The number of carbonyl (C=O) groups is 2. The fraction of sp³-hybridized carbons (Fsp3) is 0.333. The highest BCUT2D eigenvalue weighted by Gasteiger charge is 2.23. The van der Waals surface area contributed by atoms with Gasteiger partial charge in [-0.05, 0) is 6.07 Å². The highest BCUT2D eigenvalue weighted by molar-refractivity contribution is 5.84. The maximum absolute atomic E-state index is 12.3. The monoisotopic (exact) mass is 360 g/mol. The number of anilines is 1. The fourth-order valence-electron chi connectivity index (χ4n) is 2.73. The quantitative estimate of drug-likeness (QED) is 0.591. The van der Waals surface area contributed by atoms with E-state index in [1.165, 1.54) is 23.0 Å². The van der Waals surface area contributed by atoms with E-state index in [9.17, 15) is 19.7 Å². The third-order valence-electron chi connectivity index (χ3n) is 4.09. The van der Waals surface area contributed by atoms with Crippen molar-refractivity contribution in [2.24, 2.45) is 0 Å². The highest BCUT2D eigenvalue weighted by atomic mass is 16.6. The second-order valence-electron chi connectivity index (χ2n) is 5.75. The van der Waals surface area contributed by atoms with E-state index in [0.717, 1.165) is 5.69 Å². The summed E-state index contributed by atoms with van der Waals surface area (Å²) >= 11 is 0. The van der Waals surface area contributed by atoms with Crippen LogP contribution in [0.4, 0.5) is 11.4 Å². The Kier molecular flexibility index (Phi) is 4.78. The maximum Gasteiger partial charge on any atom is 0.358 e. The second-order valence-corrected chi connectivity index (χ2v) is 5.75. The Morgan fingerprint density at radius 1 is 1.23 bits per heavy atom. The first kappa shape index (κ1) is 17.3. The van der Waals surface area contributed by atoms with E-state index in [2.05, 4.69) is 10.3 Å². The summed E-state index contributed by atoms with van der Waals surface area (Å²) in [5.74, 6) is -1.39. The molecule has 136 valence electrons. The first-order chi connectivity index (χ1) is 12.4. The molecule has 0 atom stereocenters. The SMILES string of the molecule is O=C(O)c1cn(CC(=O)N2CCN(c3cccc([N+](=O)[O-])c3)CC2)nn1. The number of nitro groups is 1. The first-order valence-electron chi connectivity index (χ1n) is 7.84. The van der Waals surface area contributed by atoms with E-state index < -0.39 is 10.9 Å². The van der Waals surface area contributed by atoms with Crippen LogP contribution in [0.15, 0.2) is 30.5 Å². The van der Waals surface area contributed by atoms with Crippen LogP contribution in [0, 0.1) is 10.1 Å². The van der Waals surface area contributed by atoms with Crippen LogP contribution in [-0.2, 0) is 11.3 Å². The number of hydrogen-bond donors (Lipinski definition) is 1. The Hall–Kier alpha value is -3.50. The molecule has 0 radical (unpaired) electrons. The standard InChI is InChI=1S/C15H16N6O5/c22-14(10-20-9-13(15(23)24)16-17-20)19-6-4-18(5-7-19)11-2-1-3-12(8-11)21(25)26/h1-3,8-9H,4-7,10H2,(H,23,24). The molecule has 2 heterocycles. The smallest absolute Gasteiger partial charge is 0.358 e. The predicted molar refractivity (Wildman–Crippen MR) is 88.9 cm³/mol. The second kappa shape index (κ2) is 7.17. The molecule has 0 saturated carbocycles. The number of nitro benzene ring substituents is 1. The topological polar surface area (TPSA) is 135 Å². The van der Waals surface area contributed by atoms with Crippen LogP contribution in [0.2, 0.25) is 0 Å². The van der Waals surface area contributed by atoms with Crippen LogP contribution >= 0.6 is 0 Å². The van der Waals surface area contributed by atoms with E-state index >= 15 is 0 Å². The Balaban J connectivity index is 1.57. The van der Waals surface area contributed by atoms with E-state index in [4.69, 9.17) is 5.11 Å². The lowest BCUT2D eigenvalue weighted by molar-refractivity contribution is -0.384. The summed E-state index contributed by atoms with van der Waals surface area (Å²) in [7, 11) is 0. The highest BCUT2D eigenvalue weighted by Crippen LogP contribution is 2.22. The third-order valence-corrected chi connectivity index (χ3v) is 4.09. The van der Waals surface area contributed by atoms with Crippen LogP contribution in [0.3, 0.4) is 0 Å². The van der Waals surface area contributed by atoms with Crippen LogP contribution in [0.1, 0.15) is 10.5 Å². The van der Waals surface area contributed by atoms with Gasteiger partial charge in [-0.2, -0.15) is 0 Å². The van der Waals surface area contributed by atoms with Crippen molar-refractivity contribution in [1.82, 2.24) is 19.9 Å². The van der Waals surface area contributed by atoms with Crippen molar-refractivity contribution in [2.75, 3.05) is 31.1 Å². The molecule has 1 aliphatic rings. The molecule has 0 bridgehead atoms. The van der Waals surface area contributed by atoms with Crippen LogP contribution in [0.5, 0.6) is 0 Å². The van der Waals surface area contributed by atoms with E-state index in [1.807, 2.05) is 4.90 Å². The molecule has 3 rings (SSSR count). The number of rotatable bonds is 5. The van der Waals surface area contributed by atoms with Gasteiger partial charge in [-0.3, -0.25) is 14.9 Å². The molecule has 0 aliphatic carbocycles. The summed E-state index contributed by atoms with van der Waals surface area (Å²) in [4.78, 5) is 37.2. The van der Waals surface area contributed by atoms with Crippen molar-refractivity contribution in [3.05, 3.63) is 46.3 Å². The van der Waals surface area contributed by atoms with Crippen molar-refractivity contribution < 1.29 is 19.6 Å². The molecule has 0 unspecified atom stereocenters. The lowest BCUT2D eigenvalue weighted by Crippen LogP contribution is -2.49. The Morgan fingerprint density at radius 3 is 2.58 bits per heavy atom. The molecule has 1 amide bonds. The Labute approximate surface area is 147 Å². The molecule has 26 heavy (non-hydrogen) atoms. The molecule has 1 fully saturated rings. The number of benzene rings is 1. The largest absolute Gasteiger partial charge is 0.476 e. The average Bonchev–Trinajstić information content (AvgIpc) is 3.11.